The first-order valence-electron chi connectivity index (χ1n) is 7.44. The molecule has 7 heteroatoms. The number of fused-ring (bicyclic) bond motifs is 1. The topological polar surface area (TPSA) is 63.8 Å². The molecule has 120 valence electrons. The molecule has 0 atom stereocenters. The van der Waals surface area contributed by atoms with Gasteiger partial charge in [0.05, 0.1) is 0 Å². The number of aromatic nitrogens is 3. The molecule has 0 saturated heterocycles. The van der Waals surface area contributed by atoms with Crippen LogP contribution in [-0.2, 0) is 6.42 Å². The van der Waals surface area contributed by atoms with E-state index in [-0.39, 0.29) is 0 Å². The van der Waals surface area contributed by atoms with Gasteiger partial charge in [-0.05, 0) is 30.0 Å². The molecule has 0 bridgehead atoms. The van der Waals surface area contributed by atoms with E-state index in [9.17, 15) is 0 Å². The second-order valence-corrected chi connectivity index (χ2v) is 6.66. The lowest BCUT2D eigenvalue weighted by Crippen LogP contribution is -2.05. The van der Waals surface area contributed by atoms with E-state index in [0.717, 1.165) is 18.5 Å². The number of hydrogen-bond acceptors (Lipinski definition) is 6. The standard InChI is InChI=1S/C17H13ClN4OS/c18-12-5-3-11(4-6-12)14-15-16(23-22-14)17(21-10-20-15)19-8-7-13-2-1-9-24-13/h1-6,9-10H,7-8H2,(H,19,20,21). The van der Waals surface area contributed by atoms with Gasteiger partial charge in [0.2, 0.25) is 5.58 Å². The molecule has 3 heterocycles. The molecule has 1 N–H and O–H groups in total. The monoisotopic (exact) mass is 356 g/mol. The van der Waals surface area contributed by atoms with Crippen molar-refractivity contribution in [2.24, 2.45) is 0 Å². The zero-order chi connectivity index (χ0) is 16.4. The molecular weight excluding hydrogens is 344 g/mol. The van der Waals surface area contributed by atoms with Crippen molar-refractivity contribution < 1.29 is 4.52 Å². The summed E-state index contributed by atoms with van der Waals surface area (Å²) in [6, 6.07) is 11.6. The van der Waals surface area contributed by atoms with Gasteiger partial charge in [0, 0.05) is 22.0 Å². The van der Waals surface area contributed by atoms with Gasteiger partial charge in [-0.1, -0.05) is 35.0 Å². The number of nitrogens with zero attached hydrogens (tertiary/aromatic N) is 3. The molecule has 0 fully saturated rings. The number of anilines is 1. The normalized spacial score (nSPS) is 11.0. The molecule has 4 rings (SSSR count). The Hall–Kier alpha value is -2.44. The quantitative estimate of drug-likeness (QED) is 0.563. The minimum atomic E-state index is 0.564. The second kappa shape index (κ2) is 6.59. The van der Waals surface area contributed by atoms with Crippen molar-refractivity contribution in [3.63, 3.8) is 0 Å². The third-order valence-electron chi connectivity index (χ3n) is 3.62. The lowest BCUT2D eigenvalue weighted by Gasteiger charge is -2.04. The predicted molar refractivity (Wildman–Crippen MR) is 96.6 cm³/mol. The summed E-state index contributed by atoms with van der Waals surface area (Å²) < 4.78 is 5.48. The van der Waals surface area contributed by atoms with Crippen LogP contribution in [0.2, 0.25) is 5.02 Å². The van der Waals surface area contributed by atoms with E-state index in [1.54, 1.807) is 11.3 Å². The van der Waals surface area contributed by atoms with Crippen LogP contribution in [0.3, 0.4) is 0 Å². The van der Waals surface area contributed by atoms with Crippen LogP contribution in [0.1, 0.15) is 4.88 Å². The Balaban J connectivity index is 1.60. The minimum Gasteiger partial charge on any atom is -0.366 e. The largest absolute Gasteiger partial charge is 0.366 e. The fourth-order valence-electron chi connectivity index (χ4n) is 2.45. The van der Waals surface area contributed by atoms with Crippen LogP contribution < -0.4 is 5.32 Å². The summed E-state index contributed by atoms with van der Waals surface area (Å²) in [5, 5.41) is 10.2. The molecule has 1 aromatic carbocycles. The van der Waals surface area contributed by atoms with Crippen molar-refractivity contribution >= 4 is 39.9 Å². The molecule has 0 aliphatic carbocycles. The summed E-state index contributed by atoms with van der Waals surface area (Å²) in [6.45, 7) is 0.767. The van der Waals surface area contributed by atoms with Gasteiger partial charge >= 0.3 is 0 Å². The lowest BCUT2D eigenvalue weighted by molar-refractivity contribution is 0.459. The van der Waals surface area contributed by atoms with Gasteiger partial charge in [0.25, 0.3) is 0 Å². The summed E-state index contributed by atoms with van der Waals surface area (Å²) in [7, 11) is 0. The van der Waals surface area contributed by atoms with Crippen LogP contribution in [0.25, 0.3) is 22.4 Å². The maximum Gasteiger partial charge on any atom is 0.228 e. The van der Waals surface area contributed by atoms with Gasteiger partial charge in [-0.3, -0.25) is 0 Å². The average Bonchev–Trinajstić information content (AvgIpc) is 3.25. The highest BCUT2D eigenvalue weighted by Gasteiger charge is 2.15. The first kappa shape index (κ1) is 15.1. The zero-order valence-electron chi connectivity index (χ0n) is 12.6. The Morgan fingerprint density at radius 2 is 2.00 bits per heavy atom. The van der Waals surface area contributed by atoms with E-state index in [2.05, 4.69) is 38.0 Å². The fourth-order valence-corrected chi connectivity index (χ4v) is 3.28. The van der Waals surface area contributed by atoms with Crippen LogP contribution in [-0.4, -0.2) is 21.7 Å². The summed E-state index contributed by atoms with van der Waals surface area (Å²) >= 11 is 7.68. The smallest absolute Gasteiger partial charge is 0.228 e. The van der Waals surface area contributed by atoms with Crippen molar-refractivity contribution in [1.82, 2.24) is 15.1 Å². The van der Waals surface area contributed by atoms with Gasteiger partial charge in [0.15, 0.2) is 5.82 Å². The van der Waals surface area contributed by atoms with Gasteiger partial charge in [0.1, 0.15) is 17.5 Å². The van der Waals surface area contributed by atoms with Crippen molar-refractivity contribution in [1.29, 1.82) is 0 Å². The maximum atomic E-state index is 5.94. The Labute approximate surface area is 147 Å². The van der Waals surface area contributed by atoms with Crippen LogP contribution in [0.15, 0.2) is 52.6 Å². The molecule has 0 amide bonds. The van der Waals surface area contributed by atoms with Crippen LogP contribution in [0.4, 0.5) is 5.82 Å². The summed E-state index contributed by atoms with van der Waals surface area (Å²) in [5.74, 6) is 0.657. The van der Waals surface area contributed by atoms with Crippen LogP contribution in [0, 0.1) is 0 Å². The van der Waals surface area contributed by atoms with Gasteiger partial charge < -0.3 is 9.84 Å². The van der Waals surface area contributed by atoms with E-state index in [4.69, 9.17) is 16.1 Å². The average molecular weight is 357 g/mol. The Kier molecular flexibility index (Phi) is 4.15. The second-order valence-electron chi connectivity index (χ2n) is 5.19. The third-order valence-corrected chi connectivity index (χ3v) is 4.81. The summed E-state index contributed by atoms with van der Waals surface area (Å²) in [6.07, 6.45) is 2.45. The number of hydrogen-bond donors (Lipinski definition) is 1. The van der Waals surface area contributed by atoms with Gasteiger partial charge in [-0.15, -0.1) is 11.3 Å². The van der Waals surface area contributed by atoms with Crippen molar-refractivity contribution in [2.45, 2.75) is 6.42 Å². The highest BCUT2D eigenvalue weighted by molar-refractivity contribution is 7.09. The Bertz CT molecular complexity index is 951. The first-order valence-corrected chi connectivity index (χ1v) is 8.69. The summed E-state index contributed by atoms with van der Waals surface area (Å²) in [4.78, 5) is 9.92. The van der Waals surface area contributed by atoms with E-state index >= 15 is 0 Å². The number of nitrogens with one attached hydrogen (secondary N) is 1. The molecule has 0 aliphatic rings. The maximum absolute atomic E-state index is 5.94. The van der Waals surface area contributed by atoms with E-state index in [1.807, 2.05) is 24.3 Å². The zero-order valence-corrected chi connectivity index (χ0v) is 14.1. The molecule has 24 heavy (non-hydrogen) atoms. The van der Waals surface area contributed by atoms with Crippen LogP contribution in [0.5, 0.6) is 0 Å². The lowest BCUT2D eigenvalue weighted by atomic mass is 10.1. The van der Waals surface area contributed by atoms with Gasteiger partial charge in [-0.2, -0.15) is 0 Å². The highest BCUT2D eigenvalue weighted by atomic mass is 35.5. The highest BCUT2D eigenvalue weighted by Crippen LogP contribution is 2.30. The molecule has 5 nitrogen and oxygen atoms in total. The number of halogens is 1. The first-order chi connectivity index (χ1) is 11.8. The minimum absolute atomic E-state index is 0.564. The van der Waals surface area contributed by atoms with Crippen molar-refractivity contribution in [3.8, 4) is 11.3 Å². The molecular formula is C17H13ClN4OS. The van der Waals surface area contributed by atoms with Crippen molar-refractivity contribution in [2.75, 3.05) is 11.9 Å². The Morgan fingerprint density at radius 3 is 2.79 bits per heavy atom. The van der Waals surface area contributed by atoms with E-state index < -0.39 is 0 Å². The molecule has 0 spiro atoms. The van der Waals surface area contributed by atoms with E-state index in [1.165, 1.54) is 11.2 Å². The summed E-state index contributed by atoms with van der Waals surface area (Å²) in [5.41, 5.74) is 2.84. The number of rotatable bonds is 5. The molecule has 0 radical (unpaired) electrons. The SMILES string of the molecule is Clc1ccc(-c2noc3c(NCCc4cccs4)ncnc23)cc1. The molecule has 0 saturated carbocycles. The van der Waals surface area contributed by atoms with Crippen LogP contribution >= 0.6 is 22.9 Å². The molecule has 3 aromatic heterocycles. The predicted octanol–water partition coefficient (Wildman–Crippen LogP) is 4.65. The molecule has 0 unspecified atom stereocenters. The molecule has 0 aliphatic heterocycles. The number of benzene rings is 1. The van der Waals surface area contributed by atoms with Gasteiger partial charge in [-0.25, -0.2) is 9.97 Å². The number of thiophene rings is 1. The molecule has 4 aromatic rings. The fraction of sp³-hybridized carbons (Fsp3) is 0.118. The third kappa shape index (κ3) is 2.98. The van der Waals surface area contributed by atoms with Crippen molar-refractivity contribution in [3.05, 3.63) is 58.0 Å². The van der Waals surface area contributed by atoms with E-state index in [0.29, 0.717) is 27.6 Å². The Morgan fingerprint density at radius 1 is 1.12 bits per heavy atom.